The Morgan fingerprint density at radius 2 is 2.12 bits per heavy atom. The van der Waals surface area contributed by atoms with Gasteiger partial charge in [0.15, 0.2) is 5.16 Å². The number of fused-ring (bicyclic) bond motifs is 3. The molecular formula is C18H28N4OS2. The third kappa shape index (κ3) is 4.10. The van der Waals surface area contributed by atoms with Gasteiger partial charge in [-0.15, -0.1) is 11.3 Å². The molecule has 0 saturated carbocycles. The topological polar surface area (TPSA) is 50.3 Å². The van der Waals surface area contributed by atoms with Crippen molar-refractivity contribution in [3.63, 3.8) is 0 Å². The van der Waals surface area contributed by atoms with Crippen LogP contribution in [-0.2, 0) is 17.8 Å². The van der Waals surface area contributed by atoms with Crippen molar-refractivity contribution in [1.29, 1.82) is 0 Å². The molecule has 0 spiro atoms. The first-order chi connectivity index (χ1) is 12.0. The summed E-state index contributed by atoms with van der Waals surface area (Å²) in [7, 11) is 4.18. The van der Waals surface area contributed by atoms with Crippen molar-refractivity contribution < 1.29 is 4.74 Å². The van der Waals surface area contributed by atoms with E-state index in [0.717, 1.165) is 47.5 Å². The molecule has 1 N–H and O–H groups in total. The van der Waals surface area contributed by atoms with Crippen LogP contribution < -0.4 is 5.32 Å². The standard InChI is InChI=1S/C18H28N4OS2/c1-6-18(3)10-12-13(11-23-18)25-16-14(12)15(19-8-9-22(4)5)20-17(21-16)24-7-2/h6-11H2,1-5H3,(H,19,20,21)/t18-/m1/s1. The summed E-state index contributed by atoms with van der Waals surface area (Å²) in [5, 5.41) is 5.63. The van der Waals surface area contributed by atoms with Crippen LogP contribution in [0.4, 0.5) is 5.82 Å². The Morgan fingerprint density at radius 1 is 1.32 bits per heavy atom. The third-order valence-corrected chi connectivity index (χ3v) is 6.52. The van der Waals surface area contributed by atoms with Crippen molar-refractivity contribution in [2.24, 2.45) is 0 Å². The molecule has 138 valence electrons. The van der Waals surface area contributed by atoms with Gasteiger partial charge in [0.25, 0.3) is 0 Å². The Balaban J connectivity index is 2.02. The highest BCUT2D eigenvalue weighted by Gasteiger charge is 2.33. The number of hydrogen-bond donors (Lipinski definition) is 1. The average molecular weight is 381 g/mol. The van der Waals surface area contributed by atoms with Gasteiger partial charge >= 0.3 is 0 Å². The van der Waals surface area contributed by atoms with Crippen molar-refractivity contribution >= 4 is 39.1 Å². The zero-order chi connectivity index (χ0) is 18.0. The van der Waals surface area contributed by atoms with E-state index in [9.17, 15) is 0 Å². The minimum absolute atomic E-state index is 0.0846. The first kappa shape index (κ1) is 18.9. The molecule has 5 nitrogen and oxygen atoms in total. The molecule has 0 amide bonds. The minimum atomic E-state index is -0.0846. The number of likely N-dealkylation sites (N-methyl/N-ethyl adjacent to an activating group) is 1. The van der Waals surface area contributed by atoms with E-state index in [4.69, 9.17) is 14.7 Å². The summed E-state index contributed by atoms with van der Waals surface area (Å²) in [6.07, 6.45) is 1.95. The van der Waals surface area contributed by atoms with Crippen LogP contribution in [0.2, 0.25) is 0 Å². The fourth-order valence-corrected chi connectivity index (χ4v) is 4.73. The summed E-state index contributed by atoms with van der Waals surface area (Å²) in [5.74, 6) is 1.96. The number of nitrogens with zero attached hydrogens (tertiary/aromatic N) is 3. The number of nitrogens with one attached hydrogen (secondary N) is 1. The van der Waals surface area contributed by atoms with Gasteiger partial charge in [-0.3, -0.25) is 0 Å². The maximum Gasteiger partial charge on any atom is 0.190 e. The van der Waals surface area contributed by atoms with E-state index in [1.165, 1.54) is 15.8 Å². The Labute approximate surface area is 158 Å². The molecule has 3 heterocycles. The zero-order valence-electron chi connectivity index (χ0n) is 15.8. The molecule has 0 aliphatic carbocycles. The van der Waals surface area contributed by atoms with Crippen LogP contribution >= 0.6 is 23.1 Å². The van der Waals surface area contributed by atoms with Gasteiger partial charge in [-0.1, -0.05) is 25.6 Å². The Bertz CT molecular complexity index is 746. The van der Waals surface area contributed by atoms with Crippen molar-refractivity contribution in [2.75, 3.05) is 38.3 Å². The predicted molar refractivity (Wildman–Crippen MR) is 108 cm³/mol. The Kier molecular flexibility index (Phi) is 5.88. The van der Waals surface area contributed by atoms with Gasteiger partial charge in [0.2, 0.25) is 0 Å². The van der Waals surface area contributed by atoms with Gasteiger partial charge in [-0.25, -0.2) is 9.97 Å². The fraction of sp³-hybridized carbons (Fsp3) is 0.667. The number of hydrogen-bond acceptors (Lipinski definition) is 7. The number of rotatable bonds is 7. The number of thiophene rings is 1. The molecule has 0 saturated heterocycles. The van der Waals surface area contributed by atoms with Crippen LogP contribution in [0.3, 0.4) is 0 Å². The van der Waals surface area contributed by atoms with Crippen LogP contribution in [0.25, 0.3) is 10.2 Å². The predicted octanol–water partition coefficient (Wildman–Crippen LogP) is 4.02. The van der Waals surface area contributed by atoms with Gasteiger partial charge in [0.05, 0.1) is 17.6 Å². The molecule has 0 fully saturated rings. The fourth-order valence-electron chi connectivity index (χ4n) is 3.00. The van der Waals surface area contributed by atoms with Crippen LogP contribution in [-0.4, -0.2) is 53.4 Å². The second-order valence-electron chi connectivity index (χ2n) is 6.97. The number of aromatic nitrogens is 2. The highest BCUT2D eigenvalue weighted by molar-refractivity contribution is 7.99. The van der Waals surface area contributed by atoms with Crippen molar-refractivity contribution in [3.05, 3.63) is 10.4 Å². The maximum absolute atomic E-state index is 6.13. The lowest BCUT2D eigenvalue weighted by atomic mass is 9.90. The minimum Gasteiger partial charge on any atom is -0.369 e. The Hall–Kier alpha value is -0.890. The number of ether oxygens (including phenoxy) is 1. The van der Waals surface area contributed by atoms with E-state index in [0.29, 0.717) is 6.61 Å². The molecule has 0 unspecified atom stereocenters. The van der Waals surface area contributed by atoms with Gasteiger partial charge in [0.1, 0.15) is 10.6 Å². The van der Waals surface area contributed by atoms with E-state index in [2.05, 4.69) is 45.1 Å². The first-order valence-electron chi connectivity index (χ1n) is 8.93. The molecule has 1 atom stereocenters. The summed E-state index contributed by atoms with van der Waals surface area (Å²) < 4.78 is 6.13. The summed E-state index contributed by atoms with van der Waals surface area (Å²) in [5.41, 5.74) is 1.30. The monoisotopic (exact) mass is 380 g/mol. The summed E-state index contributed by atoms with van der Waals surface area (Å²) in [6.45, 7) is 9.08. The quantitative estimate of drug-likeness (QED) is 0.578. The number of thioether (sulfide) groups is 1. The second kappa shape index (κ2) is 7.78. The van der Waals surface area contributed by atoms with Crippen LogP contribution in [0.1, 0.15) is 37.6 Å². The molecule has 0 aromatic carbocycles. The van der Waals surface area contributed by atoms with Gasteiger partial charge in [-0.2, -0.15) is 0 Å². The van der Waals surface area contributed by atoms with Gasteiger partial charge < -0.3 is 15.0 Å². The second-order valence-corrected chi connectivity index (χ2v) is 9.29. The van der Waals surface area contributed by atoms with Crippen LogP contribution in [0.5, 0.6) is 0 Å². The lowest BCUT2D eigenvalue weighted by molar-refractivity contribution is -0.0542. The van der Waals surface area contributed by atoms with Crippen LogP contribution in [0.15, 0.2) is 5.16 Å². The van der Waals surface area contributed by atoms with E-state index in [1.54, 1.807) is 23.1 Å². The highest BCUT2D eigenvalue weighted by Crippen LogP contribution is 2.42. The molecule has 0 radical (unpaired) electrons. The first-order valence-corrected chi connectivity index (χ1v) is 10.7. The molecule has 1 aliphatic heterocycles. The molecule has 3 rings (SSSR count). The molecule has 2 aromatic heterocycles. The summed E-state index contributed by atoms with van der Waals surface area (Å²) in [6, 6.07) is 0. The van der Waals surface area contributed by atoms with Crippen molar-refractivity contribution in [1.82, 2.24) is 14.9 Å². The third-order valence-electron chi connectivity index (χ3n) is 4.69. The Morgan fingerprint density at radius 3 is 2.80 bits per heavy atom. The normalized spacial score (nSPS) is 20.2. The SMILES string of the molecule is CCSc1nc(NCCN(C)C)c2c3c(sc2n1)CO[C@](C)(CC)C3. The van der Waals surface area contributed by atoms with Gasteiger partial charge in [-0.05, 0) is 38.8 Å². The molecule has 0 bridgehead atoms. The molecule has 25 heavy (non-hydrogen) atoms. The lowest BCUT2D eigenvalue weighted by Gasteiger charge is -2.33. The lowest BCUT2D eigenvalue weighted by Crippen LogP contribution is -2.34. The summed E-state index contributed by atoms with van der Waals surface area (Å²) in [4.78, 5) is 14.2. The van der Waals surface area contributed by atoms with Crippen molar-refractivity contribution in [2.45, 2.75) is 51.0 Å². The van der Waals surface area contributed by atoms with E-state index in [-0.39, 0.29) is 5.60 Å². The smallest absolute Gasteiger partial charge is 0.190 e. The zero-order valence-corrected chi connectivity index (χ0v) is 17.4. The largest absolute Gasteiger partial charge is 0.369 e. The summed E-state index contributed by atoms with van der Waals surface area (Å²) >= 11 is 3.46. The number of anilines is 1. The highest BCUT2D eigenvalue weighted by atomic mass is 32.2. The molecule has 2 aromatic rings. The van der Waals surface area contributed by atoms with Crippen molar-refractivity contribution in [3.8, 4) is 0 Å². The molecular weight excluding hydrogens is 352 g/mol. The van der Waals surface area contributed by atoms with Gasteiger partial charge in [0, 0.05) is 24.4 Å². The maximum atomic E-state index is 6.13. The van der Waals surface area contributed by atoms with E-state index in [1.807, 2.05) is 0 Å². The van der Waals surface area contributed by atoms with E-state index >= 15 is 0 Å². The van der Waals surface area contributed by atoms with E-state index < -0.39 is 0 Å². The molecule has 1 aliphatic rings. The molecule has 7 heteroatoms. The van der Waals surface area contributed by atoms with Crippen LogP contribution in [0, 0.1) is 0 Å². The average Bonchev–Trinajstić information content (AvgIpc) is 2.92.